The molecule has 1 aromatic heterocycles. The van der Waals surface area contributed by atoms with Crippen LogP contribution in [0.1, 0.15) is 36.4 Å². The zero-order chi connectivity index (χ0) is 13.4. The summed E-state index contributed by atoms with van der Waals surface area (Å²) in [5.74, 6) is 0.102. The second-order valence-electron chi connectivity index (χ2n) is 3.90. The van der Waals surface area contributed by atoms with Crippen LogP contribution in [0.25, 0.3) is 0 Å². The number of hydrogen-bond donors (Lipinski definition) is 1. The van der Waals surface area contributed by atoms with Gasteiger partial charge in [0, 0.05) is 26.1 Å². The van der Waals surface area contributed by atoms with E-state index in [4.69, 9.17) is 0 Å². The first-order valence-corrected chi connectivity index (χ1v) is 7.16. The fourth-order valence-electron chi connectivity index (χ4n) is 1.67. The van der Waals surface area contributed by atoms with E-state index in [1.54, 1.807) is 11.0 Å². The summed E-state index contributed by atoms with van der Waals surface area (Å²) < 4.78 is 0. The largest absolute Gasteiger partial charge is 0.351 e. The summed E-state index contributed by atoms with van der Waals surface area (Å²) in [6.07, 6.45) is 1.18. The lowest BCUT2D eigenvalue weighted by atomic mass is 10.2. The fourth-order valence-corrected chi connectivity index (χ4v) is 2.31. The lowest BCUT2D eigenvalue weighted by molar-refractivity contribution is -0.130. The van der Waals surface area contributed by atoms with Crippen molar-refractivity contribution in [1.82, 2.24) is 10.2 Å². The van der Waals surface area contributed by atoms with E-state index in [1.807, 2.05) is 25.3 Å². The number of thiophene rings is 1. The van der Waals surface area contributed by atoms with Gasteiger partial charge in [0.1, 0.15) is 0 Å². The fraction of sp³-hybridized carbons (Fsp3) is 0.538. The minimum atomic E-state index is -0.0553. The van der Waals surface area contributed by atoms with Crippen LogP contribution < -0.4 is 5.32 Å². The average molecular weight is 268 g/mol. The maximum atomic E-state index is 11.7. The van der Waals surface area contributed by atoms with Gasteiger partial charge in [-0.1, -0.05) is 6.07 Å². The first-order chi connectivity index (χ1) is 8.69. The average Bonchev–Trinajstić information content (AvgIpc) is 2.89. The van der Waals surface area contributed by atoms with Gasteiger partial charge >= 0.3 is 0 Å². The Balaban J connectivity index is 2.19. The van der Waals surface area contributed by atoms with Gasteiger partial charge in [-0.2, -0.15) is 0 Å². The van der Waals surface area contributed by atoms with Crippen LogP contribution in [-0.2, 0) is 4.79 Å². The number of carbonyl (C=O) groups is 2. The van der Waals surface area contributed by atoms with Crippen molar-refractivity contribution in [3.05, 3.63) is 22.4 Å². The molecule has 0 aliphatic heterocycles. The molecule has 5 heteroatoms. The summed E-state index contributed by atoms with van der Waals surface area (Å²) in [5, 5.41) is 4.69. The Hall–Kier alpha value is -1.36. The number of hydrogen-bond acceptors (Lipinski definition) is 3. The van der Waals surface area contributed by atoms with Crippen molar-refractivity contribution >= 4 is 23.2 Å². The van der Waals surface area contributed by atoms with Crippen molar-refractivity contribution in [2.45, 2.75) is 26.7 Å². The molecule has 0 atom stereocenters. The summed E-state index contributed by atoms with van der Waals surface area (Å²) in [4.78, 5) is 25.8. The molecule has 0 fully saturated rings. The predicted octanol–water partition coefficient (Wildman–Crippen LogP) is 2.13. The molecule has 0 aromatic carbocycles. The summed E-state index contributed by atoms with van der Waals surface area (Å²) in [6, 6.07) is 3.64. The summed E-state index contributed by atoms with van der Waals surface area (Å²) in [5.41, 5.74) is 0. The third kappa shape index (κ3) is 4.49. The van der Waals surface area contributed by atoms with Crippen LogP contribution in [0.5, 0.6) is 0 Å². The molecule has 1 aromatic rings. The molecular formula is C13H20N2O2S. The van der Waals surface area contributed by atoms with E-state index in [2.05, 4.69) is 5.32 Å². The van der Waals surface area contributed by atoms with Gasteiger partial charge in [-0.3, -0.25) is 9.59 Å². The Morgan fingerprint density at radius 2 is 2.06 bits per heavy atom. The minimum absolute atomic E-state index is 0.0553. The number of amides is 2. The standard InChI is InChI=1S/C13H20N2O2S/c1-3-15(4-2)12(16)8-5-9-14-13(17)11-7-6-10-18-11/h6-7,10H,3-5,8-9H2,1-2H3,(H,14,17). The number of nitrogens with one attached hydrogen (secondary N) is 1. The Labute approximate surface area is 112 Å². The van der Waals surface area contributed by atoms with E-state index in [0.29, 0.717) is 24.3 Å². The van der Waals surface area contributed by atoms with Crippen LogP contribution in [-0.4, -0.2) is 36.3 Å². The van der Waals surface area contributed by atoms with E-state index < -0.39 is 0 Å². The molecule has 0 spiro atoms. The van der Waals surface area contributed by atoms with Gasteiger partial charge in [-0.05, 0) is 31.7 Å². The maximum absolute atomic E-state index is 11.7. The molecular weight excluding hydrogens is 248 g/mol. The molecule has 1 heterocycles. The normalized spacial score (nSPS) is 10.1. The van der Waals surface area contributed by atoms with E-state index >= 15 is 0 Å². The van der Waals surface area contributed by atoms with Gasteiger partial charge in [0.15, 0.2) is 0 Å². The molecule has 0 bridgehead atoms. The Morgan fingerprint density at radius 1 is 1.33 bits per heavy atom. The van der Waals surface area contributed by atoms with Crippen molar-refractivity contribution in [2.75, 3.05) is 19.6 Å². The first kappa shape index (κ1) is 14.7. The zero-order valence-corrected chi connectivity index (χ0v) is 11.8. The number of rotatable bonds is 7. The zero-order valence-electron chi connectivity index (χ0n) is 10.9. The number of nitrogens with zero attached hydrogens (tertiary/aromatic N) is 1. The van der Waals surface area contributed by atoms with Gasteiger partial charge in [-0.15, -0.1) is 11.3 Å². The van der Waals surface area contributed by atoms with Crippen molar-refractivity contribution in [3.63, 3.8) is 0 Å². The highest BCUT2D eigenvalue weighted by Gasteiger charge is 2.09. The summed E-state index contributed by atoms with van der Waals surface area (Å²) in [6.45, 7) is 5.98. The van der Waals surface area contributed by atoms with Crippen molar-refractivity contribution < 1.29 is 9.59 Å². The smallest absolute Gasteiger partial charge is 0.261 e. The SMILES string of the molecule is CCN(CC)C(=O)CCCNC(=O)c1cccs1. The van der Waals surface area contributed by atoms with Crippen molar-refractivity contribution in [3.8, 4) is 0 Å². The Bertz CT molecular complexity index is 372. The molecule has 0 aliphatic rings. The topological polar surface area (TPSA) is 49.4 Å². The summed E-state index contributed by atoms with van der Waals surface area (Å²) >= 11 is 1.42. The predicted molar refractivity (Wildman–Crippen MR) is 73.8 cm³/mol. The Morgan fingerprint density at radius 3 is 2.61 bits per heavy atom. The van der Waals surface area contributed by atoms with Crippen molar-refractivity contribution in [1.29, 1.82) is 0 Å². The molecule has 0 radical (unpaired) electrons. The van der Waals surface area contributed by atoms with Crippen LogP contribution in [0.3, 0.4) is 0 Å². The molecule has 0 aliphatic carbocycles. The van der Waals surface area contributed by atoms with E-state index in [9.17, 15) is 9.59 Å². The van der Waals surface area contributed by atoms with Crippen LogP contribution in [0.2, 0.25) is 0 Å². The summed E-state index contributed by atoms with van der Waals surface area (Å²) in [7, 11) is 0. The lowest BCUT2D eigenvalue weighted by Gasteiger charge is -2.18. The van der Waals surface area contributed by atoms with Crippen molar-refractivity contribution in [2.24, 2.45) is 0 Å². The molecule has 2 amide bonds. The van der Waals surface area contributed by atoms with Gasteiger partial charge in [0.25, 0.3) is 5.91 Å². The van der Waals surface area contributed by atoms with E-state index in [1.165, 1.54) is 11.3 Å². The van der Waals surface area contributed by atoms with Gasteiger partial charge in [0.2, 0.25) is 5.91 Å². The van der Waals surface area contributed by atoms with Crippen LogP contribution in [0, 0.1) is 0 Å². The maximum Gasteiger partial charge on any atom is 0.261 e. The van der Waals surface area contributed by atoms with Crippen LogP contribution >= 0.6 is 11.3 Å². The minimum Gasteiger partial charge on any atom is -0.351 e. The molecule has 0 saturated heterocycles. The molecule has 1 rings (SSSR count). The third-order valence-corrected chi connectivity index (χ3v) is 3.58. The van der Waals surface area contributed by atoms with Crippen LogP contribution in [0.4, 0.5) is 0 Å². The quantitative estimate of drug-likeness (QED) is 0.770. The second-order valence-corrected chi connectivity index (χ2v) is 4.85. The molecule has 100 valence electrons. The second kappa shape index (κ2) is 7.87. The first-order valence-electron chi connectivity index (χ1n) is 6.28. The van der Waals surface area contributed by atoms with Gasteiger partial charge < -0.3 is 10.2 Å². The highest BCUT2D eigenvalue weighted by atomic mass is 32.1. The van der Waals surface area contributed by atoms with Gasteiger partial charge in [-0.25, -0.2) is 0 Å². The van der Waals surface area contributed by atoms with E-state index in [0.717, 1.165) is 13.1 Å². The molecule has 0 saturated carbocycles. The Kier molecular flexibility index (Phi) is 6.43. The highest BCUT2D eigenvalue weighted by Crippen LogP contribution is 2.07. The monoisotopic (exact) mass is 268 g/mol. The molecule has 0 unspecified atom stereocenters. The highest BCUT2D eigenvalue weighted by molar-refractivity contribution is 7.12. The number of carbonyl (C=O) groups excluding carboxylic acids is 2. The lowest BCUT2D eigenvalue weighted by Crippen LogP contribution is -2.31. The van der Waals surface area contributed by atoms with Crippen LogP contribution in [0.15, 0.2) is 17.5 Å². The third-order valence-electron chi connectivity index (χ3n) is 2.71. The molecule has 1 N–H and O–H groups in total. The molecule has 18 heavy (non-hydrogen) atoms. The van der Waals surface area contributed by atoms with Gasteiger partial charge in [0.05, 0.1) is 4.88 Å². The molecule has 4 nitrogen and oxygen atoms in total. The van der Waals surface area contributed by atoms with E-state index in [-0.39, 0.29) is 11.8 Å².